The van der Waals surface area contributed by atoms with Crippen molar-refractivity contribution in [3.63, 3.8) is 0 Å². The Kier molecular flexibility index (Phi) is 6.40. The van der Waals surface area contributed by atoms with Gasteiger partial charge in [0.2, 0.25) is 0 Å². The molecule has 6 heteroatoms. The lowest BCUT2D eigenvalue weighted by atomic mass is 9.93. The number of thiophene rings is 1. The summed E-state index contributed by atoms with van der Waals surface area (Å²) < 4.78 is 1.38. The molecular weight excluding hydrogens is 380 g/mol. The van der Waals surface area contributed by atoms with Gasteiger partial charge in [0.25, 0.3) is 0 Å². The third kappa shape index (κ3) is 4.93. The van der Waals surface area contributed by atoms with Gasteiger partial charge < -0.3 is 15.1 Å². The van der Waals surface area contributed by atoms with Gasteiger partial charge in [0.15, 0.2) is 0 Å². The molecule has 4 rings (SSSR count). The normalized spacial score (nSPS) is 20.6. The Morgan fingerprint density at radius 3 is 2.76 bits per heavy atom. The number of urea groups is 1. The number of hydrogen-bond donors (Lipinski definition) is 1. The van der Waals surface area contributed by atoms with E-state index in [4.69, 9.17) is 0 Å². The Bertz CT molecular complexity index is 867. The summed E-state index contributed by atoms with van der Waals surface area (Å²) in [5.41, 5.74) is 2.95. The number of rotatable bonds is 5. The average molecular weight is 413 g/mol. The number of carbonyl (C=O) groups excluding carboxylic acids is 1. The van der Waals surface area contributed by atoms with Crippen LogP contribution in [-0.4, -0.2) is 68.7 Å². The van der Waals surface area contributed by atoms with Crippen molar-refractivity contribution in [2.45, 2.75) is 31.7 Å². The maximum absolute atomic E-state index is 11.8. The molecule has 156 valence electrons. The van der Waals surface area contributed by atoms with Crippen molar-refractivity contribution in [1.82, 2.24) is 15.1 Å². The highest BCUT2D eigenvalue weighted by Crippen LogP contribution is 2.31. The molecule has 5 nitrogen and oxygen atoms in total. The van der Waals surface area contributed by atoms with Crippen molar-refractivity contribution in [2.24, 2.45) is 0 Å². The lowest BCUT2D eigenvalue weighted by molar-refractivity contribution is 0.212. The first kappa shape index (κ1) is 20.2. The SMILES string of the molecule is CN(C)C(=O)NC1CC=C(CCN2CCN(c3cccc4sccc34)CC2)CC1. The summed E-state index contributed by atoms with van der Waals surface area (Å²) in [6.07, 6.45) is 6.65. The summed E-state index contributed by atoms with van der Waals surface area (Å²) in [5, 5.41) is 6.69. The van der Waals surface area contributed by atoms with Crippen molar-refractivity contribution >= 4 is 33.1 Å². The van der Waals surface area contributed by atoms with E-state index in [2.05, 4.69) is 50.8 Å². The molecule has 1 aliphatic heterocycles. The molecule has 0 saturated carbocycles. The Hall–Kier alpha value is -2.05. The highest BCUT2D eigenvalue weighted by atomic mass is 32.1. The van der Waals surface area contributed by atoms with Crippen LogP contribution in [0.15, 0.2) is 41.3 Å². The highest BCUT2D eigenvalue weighted by molar-refractivity contribution is 7.17. The van der Waals surface area contributed by atoms with Crippen LogP contribution in [0.2, 0.25) is 0 Å². The summed E-state index contributed by atoms with van der Waals surface area (Å²) in [6.45, 7) is 5.63. The summed E-state index contributed by atoms with van der Waals surface area (Å²) in [4.78, 5) is 18.6. The molecule has 1 aromatic carbocycles. The molecular formula is C23H32N4OS. The van der Waals surface area contributed by atoms with E-state index < -0.39 is 0 Å². The zero-order valence-electron chi connectivity index (χ0n) is 17.6. The number of amides is 2. The van der Waals surface area contributed by atoms with Gasteiger partial charge in [0, 0.05) is 68.6 Å². The largest absolute Gasteiger partial charge is 0.368 e. The molecule has 1 N–H and O–H groups in total. The fourth-order valence-corrected chi connectivity index (χ4v) is 5.13. The van der Waals surface area contributed by atoms with Gasteiger partial charge in [-0.2, -0.15) is 0 Å². The van der Waals surface area contributed by atoms with Crippen LogP contribution in [-0.2, 0) is 0 Å². The van der Waals surface area contributed by atoms with E-state index in [0.717, 1.165) is 58.4 Å². The topological polar surface area (TPSA) is 38.8 Å². The van der Waals surface area contributed by atoms with Crippen LogP contribution < -0.4 is 10.2 Å². The zero-order valence-corrected chi connectivity index (χ0v) is 18.4. The minimum absolute atomic E-state index is 0.0165. The number of nitrogens with zero attached hydrogens (tertiary/aromatic N) is 3. The molecule has 1 fully saturated rings. The number of benzene rings is 1. The van der Waals surface area contributed by atoms with Crippen molar-refractivity contribution < 1.29 is 4.79 Å². The minimum Gasteiger partial charge on any atom is -0.368 e. The Balaban J connectivity index is 1.22. The summed E-state index contributed by atoms with van der Waals surface area (Å²) >= 11 is 1.83. The molecule has 2 aromatic rings. The van der Waals surface area contributed by atoms with Crippen LogP contribution in [0.1, 0.15) is 25.7 Å². The third-order valence-corrected chi connectivity index (χ3v) is 7.06. The van der Waals surface area contributed by atoms with Crippen molar-refractivity contribution in [3.8, 4) is 0 Å². The molecule has 0 bridgehead atoms. The smallest absolute Gasteiger partial charge is 0.317 e. The molecule has 1 aromatic heterocycles. The van der Waals surface area contributed by atoms with Gasteiger partial charge in [-0.1, -0.05) is 17.7 Å². The lowest BCUT2D eigenvalue weighted by Gasteiger charge is -2.36. The van der Waals surface area contributed by atoms with E-state index in [0.29, 0.717) is 0 Å². The number of carbonyl (C=O) groups is 1. The summed E-state index contributed by atoms with van der Waals surface area (Å²) in [6, 6.07) is 9.23. The minimum atomic E-state index is 0.0165. The molecule has 0 radical (unpaired) electrons. The third-order valence-electron chi connectivity index (χ3n) is 6.17. The highest BCUT2D eigenvalue weighted by Gasteiger charge is 2.21. The van der Waals surface area contributed by atoms with Gasteiger partial charge >= 0.3 is 6.03 Å². The first-order valence-electron chi connectivity index (χ1n) is 10.7. The van der Waals surface area contributed by atoms with Gasteiger partial charge in [-0.05, 0) is 49.3 Å². The fraction of sp³-hybridized carbons (Fsp3) is 0.522. The van der Waals surface area contributed by atoms with Gasteiger partial charge in [0.1, 0.15) is 0 Å². The first-order chi connectivity index (χ1) is 14.1. The molecule has 29 heavy (non-hydrogen) atoms. The van der Waals surface area contributed by atoms with Crippen LogP contribution in [0.5, 0.6) is 0 Å². The predicted octanol–water partition coefficient (Wildman–Crippen LogP) is 4.16. The molecule has 2 amide bonds. The van der Waals surface area contributed by atoms with Gasteiger partial charge in [0.05, 0.1) is 0 Å². The Labute approximate surface area is 178 Å². The molecule has 2 heterocycles. The van der Waals surface area contributed by atoms with E-state index in [-0.39, 0.29) is 12.1 Å². The molecule has 1 atom stereocenters. The molecule has 2 aliphatic rings. The van der Waals surface area contributed by atoms with Crippen LogP contribution in [0.3, 0.4) is 0 Å². The summed E-state index contributed by atoms with van der Waals surface area (Å²) in [7, 11) is 3.58. The second-order valence-electron chi connectivity index (χ2n) is 8.37. The number of fused-ring (bicyclic) bond motifs is 1. The average Bonchev–Trinajstić information content (AvgIpc) is 3.22. The van der Waals surface area contributed by atoms with Crippen molar-refractivity contribution in [3.05, 3.63) is 41.3 Å². The Morgan fingerprint density at radius 2 is 2.03 bits per heavy atom. The molecule has 1 unspecified atom stereocenters. The summed E-state index contributed by atoms with van der Waals surface area (Å²) in [5.74, 6) is 0. The quantitative estimate of drug-likeness (QED) is 0.750. The van der Waals surface area contributed by atoms with Crippen LogP contribution in [0, 0.1) is 0 Å². The predicted molar refractivity (Wildman–Crippen MR) is 123 cm³/mol. The molecule has 0 spiro atoms. The van der Waals surface area contributed by atoms with Crippen LogP contribution in [0.25, 0.3) is 10.1 Å². The number of piperazine rings is 1. The monoisotopic (exact) mass is 412 g/mol. The van der Waals surface area contributed by atoms with E-state index >= 15 is 0 Å². The number of nitrogens with one attached hydrogen (secondary N) is 1. The number of anilines is 1. The zero-order chi connectivity index (χ0) is 20.2. The van der Waals surface area contributed by atoms with E-state index in [1.807, 2.05) is 11.3 Å². The van der Waals surface area contributed by atoms with Crippen molar-refractivity contribution in [1.29, 1.82) is 0 Å². The van der Waals surface area contributed by atoms with E-state index in [1.165, 1.54) is 15.8 Å². The van der Waals surface area contributed by atoms with Crippen LogP contribution in [0.4, 0.5) is 10.5 Å². The maximum atomic E-state index is 11.8. The lowest BCUT2D eigenvalue weighted by Crippen LogP contribution is -2.46. The van der Waals surface area contributed by atoms with Crippen molar-refractivity contribution in [2.75, 3.05) is 51.7 Å². The van der Waals surface area contributed by atoms with Crippen LogP contribution >= 0.6 is 11.3 Å². The maximum Gasteiger partial charge on any atom is 0.317 e. The standard InChI is InChI=1S/C23H32N4OS/c1-25(2)23(28)24-19-8-6-18(7-9-19)10-12-26-13-15-27(16-14-26)21-4-3-5-22-20(21)11-17-29-22/h3-6,11,17,19H,7-10,12-16H2,1-2H3,(H,24,28). The number of hydrogen-bond acceptors (Lipinski definition) is 4. The molecule has 1 saturated heterocycles. The van der Waals surface area contributed by atoms with Gasteiger partial charge in [-0.15, -0.1) is 11.3 Å². The van der Waals surface area contributed by atoms with E-state index in [1.54, 1.807) is 24.6 Å². The second kappa shape index (κ2) is 9.18. The van der Waals surface area contributed by atoms with Gasteiger partial charge in [-0.25, -0.2) is 4.79 Å². The molecule has 1 aliphatic carbocycles. The second-order valence-corrected chi connectivity index (χ2v) is 9.31. The van der Waals surface area contributed by atoms with Gasteiger partial charge in [-0.3, -0.25) is 4.90 Å². The first-order valence-corrected chi connectivity index (χ1v) is 11.6. The Morgan fingerprint density at radius 1 is 1.21 bits per heavy atom. The fourth-order valence-electron chi connectivity index (χ4n) is 4.32. The van der Waals surface area contributed by atoms with E-state index in [9.17, 15) is 4.79 Å².